The van der Waals surface area contributed by atoms with E-state index in [0.717, 1.165) is 68.8 Å². The molecular formula is C26H31FN2O2. The maximum absolute atomic E-state index is 13.9. The Hall–Kier alpha value is -2.56. The van der Waals surface area contributed by atoms with Gasteiger partial charge in [-0.1, -0.05) is 56.5 Å². The van der Waals surface area contributed by atoms with E-state index in [1.54, 1.807) is 6.08 Å². The third-order valence-corrected chi connectivity index (χ3v) is 6.83. The van der Waals surface area contributed by atoms with Crippen LogP contribution in [0.25, 0.3) is 0 Å². The van der Waals surface area contributed by atoms with E-state index in [1.165, 1.54) is 6.08 Å². The van der Waals surface area contributed by atoms with Crippen molar-refractivity contribution in [3.63, 3.8) is 0 Å². The summed E-state index contributed by atoms with van der Waals surface area (Å²) >= 11 is 0. The number of carbonyl (C=O) groups is 2. The molecule has 4 rings (SSSR count). The fourth-order valence-corrected chi connectivity index (χ4v) is 5.23. The first-order valence-electron chi connectivity index (χ1n) is 11.6. The van der Waals surface area contributed by atoms with Gasteiger partial charge in [0, 0.05) is 12.0 Å². The van der Waals surface area contributed by atoms with E-state index in [0.29, 0.717) is 24.1 Å². The summed E-state index contributed by atoms with van der Waals surface area (Å²) in [6, 6.07) is 7.50. The second-order valence-electron chi connectivity index (χ2n) is 8.93. The van der Waals surface area contributed by atoms with Gasteiger partial charge in [-0.05, 0) is 55.7 Å². The Morgan fingerprint density at radius 2 is 1.81 bits per heavy atom. The zero-order chi connectivity index (χ0) is 21.8. The van der Waals surface area contributed by atoms with Crippen molar-refractivity contribution in [1.29, 1.82) is 0 Å². The molecule has 3 aliphatic rings. The van der Waals surface area contributed by atoms with Crippen molar-refractivity contribution < 1.29 is 14.0 Å². The molecular weight excluding hydrogens is 391 g/mol. The fraction of sp³-hybridized carbons (Fsp3) is 0.500. The molecule has 4 nitrogen and oxygen atoms in total. The normalized spacial score (nSPS) is 21.9. The van der Waals surface area contributed by atoms with Crippen LogP contribution in [0.5, 0.6) is 0 Å². The van der Waals surface area contributed by atoms with Gasteiger partial charge in [-0.25, -0.2) is 4.39 Å². The van der Waals surface area contributed by atoms with Crippen molar-refractivity contribution in [1.82, 2.24) is 4.90 Å². The Balaban J connectivity index is 1.77. The van der Waals surface area contributed by atoms with Gasteiger partial charge in [0.2, 0.25) is 0 Å². The van der Waals surface area contributed by atoms with Crippen molar-refractivity contribution in [2.45, 2.75) is 82.8 Å². The minimum atomic E-state index is -0.521. The van der Waals surface area contributed by atoms with Crippen molar-refractivity contribution in [2.75, 3.05) is 0 Å². The molecule has 1 aromatic carbocycles. The number of hydrogen-bond donors (Lipinski definition) is 0. The minimum absolute atomic E-state index is 0.0261. The van der Waals surface area contributed by atoms with Crippen LogP contribution in [-0.2, 0) is 4.79 Å². The van der Waals surface area contributed by atoms with Gasteiger partial charge in [0.25, 0.3) is 5.91 Å². The number of benzene rings is 1. The Morgan fingerprint density at radius 1 is 1.10 bits per heavy atom. The van der Waals surface area contributed by atoms with Gasteiger partial charge < -0.3 is 4.90 Å². The first-order chi connectivity index (χ1) is 15.1. The van der Waals surface area contributed by atoms with Gasteiger partial charge in [-0.3, -0.25) is 14.6 Å². The summed E-state index contributed by atoms with van der Waals surface area (Å²) in [6.07, 6.45) is 12.8. The summed E-state index contributed by atoms with van der Waals surface area (Å²) < 4.78 is 13.6. The summed E-state index contributed by atoms with van der Waals surface area (Å²) in [5.41, 5.74) is 2.53. The average molecular weight is 423 g/mol. The molecule has 1 aromatic rings. The van der Waals surface area contributed by atoms with Crippen LogP contribution < -0.4 is 0 Å². The van der Waals surface area contributed by atoms with Gasteiger partial charge >= 0.3 is 0 Å². The van der Waals surface area contributed by atoms with Gasteiger partial charge in [0.1, 0.15) is 23.5 Å². The number of aldehydes is 1. The number of hydrogen-bond acceptors (Lipinski definition) is 3. The second kappa shape index (κ2) is 9.29. The molecule has 1 heterocycles. The number of amides is 1. The van der Waals surface area contributed by atoms with Crippen LogP contribution >= 0.6 is 0 Å². The van der Waals surface area contributed by atoms with Crippen LogP contribution in [0.2, 0.25) is 0 Å². The summed E-state index contributed by atoms with van der Waals surface area (Å²) in [4.78, 5) is 32.2. The molecule has 0 aromatic heterocycles. The molecule has 1 fully saturated rings. The van der Waals surface area contributed by atoms with Crippen LogP contribution in [0.15, 0.2) is 52.8 Å². The lowest BCUT2D eigenvalue weighted by Gasteiger charge is -2.41. The molecule has 1 aliphatic heterocycles. The van der Waals surface area contributed by atoms with Crippen molar-refractivity contribution in [3.8, 4) is 0 Å². The van der Waals surface area contributed by atoms with Gasteiger partial charge in [0.05, 0.1) is 6.04 Å². The maximum Gasteiger partial charge on any atom is 0.274 e. The molecule has 1 amide bonds. The number of halogens is 1. The van der Waals surface area contributed by atoms with E-state index in [1.807, 2.05) is 29.2 Å². The molecule has 5 heteroatoms. The van der Waals surface area contributed by atoms with Crippen LogP contribution in [0.1, 0.15) is 93.1 Å². The summed E-state index contributed by atoms with van der Waals surface area (Å²) in [7, 11) is 0. The van der Waals surface area contributed by atoms with Crippen LogP contribution in [-0.4, -0.2) is 28.5 Å². The average Bonchev–Trinajstić information content (AvgIpc) is 2.93. The quantitative estimate of drug-likeness (QED) is 0.509. The smallest absolute Gasteiger partial charge is 0.274 e. The third-order valence-electron chi connectivity index (χ3n) is 6.83. The minimum Gasteiger partial charge on any atom is -0.305 e. The lowest BCUT2D eigenvalue weighted by atomic mass is 9.92. The predicted molar refractivity (Wildman–Crippen MR) is 121 cm³/mol. The highest BCUT2D eigenvalue weighted by Gasteiger charge is 2.50. The molecule has 0 N–H and O–H groups in total. The van der Waals surface area contributed by atoms with Crippen molar-refractivity contribution in [2.24, 2.45) is 4.99 Å². The van der Waals surface area contributed by atoms with E-state index in [4.69, 9.17) is 4.99 Å². The highest BCUT2D eigenvalue weighted by Crippen LogP contribution is 2.45. The zero-order valence-corrected chi connectivity index (χ0v) is 18.3. The highest BCUT2D eigenvalue weighted by atomic mass is 19.1. The number of rotatable bonds is 6. The van der Waals surface area contributed by atoms with Crippen molar-refractivity contribution >= 4 is 17.9 Å². The summed E-state index contributed by atoms with van der Waals surface area (Å²) in [5.74, 6) is -0.170. The molecule has 0 saturated heterocycles. The molecule has 0 radical (unpaired) electrons. The Kier molecular flexibility index (Phi) is 6.49. The maximum atomic E-state index is 13.9. The number of allylic oxidation sites excluding steroid dienone is 3. The summed E-state index contributed by atoms with van der Waals surface area (Å²) in [5, 5.41) is 0. The van der Waals surface area contributed by atoms with Gasteiger partial charge in [0.15, 0.2) is 0 Å². The molecule has 1 atom stereocenters. The number of carbonyl (C=O) groups excluding carboxylic acids is 2. The van der Waals surface area contributed by atoms with Gasteiger partial charge in [-0.2, -0.15) is 0 Å². The van der Waals surface area contributed by atoms with Crippen LogP contribution in [0.4, 0.5) is 4.39 Å². The Labute approximate surface area is 183 Å². The first kappa shape index (κ1) is 21.7. The fourth-order valence-electron chi connectivity index (χ4n) is 5.23. The first-order valence-corrected chi connectivity index (χ1v) is 11.6. The van der Waals surface area contributed by atoms with Crippen molar-refractivity contribution in [3.05, 3.63) is 58.9 Å². The Morgan fingerprint density at radius 3 is 2.39 bits per heavy atom. The van der Waals surface area contributed by atoms with Crippen LogP contribution in [0.3, 0.4) is 0 Å². The molecule has 0 bridgehead atoms. The highest BCUT2D eigenvalue weighted by molar-refractivity contribution is 6.46. The van der Waals surface area contributed by atoms with E-state index in [9.17, 15) is 14.0 Å². The summed E-state index contributed by atoms with van der Waals surface area (Å²) in [6.45, 7) is 2.13. The molecule has 1 saturated carbocycles. The monoisotopic (exact) mass is 422 g/mol. The lowest BCUT2D eigenvalue weighted by Crippen LogP contribution is -2.48. The molecule has 2 aliphatic carbocycles. The van der Waals surface area contributed by atoms with E-state index in [-0.39, 0.29) is 17.8 Å². The van der Waals surface area contributed by atoms with Crippen LogP contribution in [0, 0.1) is 0 Å². The van der Waals surface area contributed by atoms with E-state index >= 15 is 0 Å². The zero-order valence-electron chi connectivity index (χ0n) is 18.3. The van der Waals surface area contributed by atoms with E-state index in [2.05, 4.69) is 6.92 Å². The van der Waals surface area contributed by atoms with E-state index < -0.39 is 5.66 Å². The molecule has 164 valence electrons. The largest absolute Gasteiger partial charge is 0.305 e. The standard InChI is InChI=1S/C26H31FN2O2/c1-2-7-23(20-10-8-19(18-30)9-11-20)29-25(31)24(21-12-14-22(27)15-13-21)28-26(29)16-5-3-4-6-17-26/h8-12,14,18,23H,2-7,13,15-17H2,1H3. The topological polar surface area (TPSA) is 49.7 Å². The Bertz CT molecular complexity index is 921. The SMILES string of the molecule is CCCC(c1ccc(C=O)cc1)N1C(=O)C(C2=CC=C(F)CC2)=NC12CCCCCC2. The third kappa shape index (κ3) is 4.28. The number of nitrogens with zero attached hydrogens (tertiary/aromatic N) is 2. The molecule has 31 heavy (non-hydrogen) atoms. The predicted octanol–water partition coefficient (Wildman–Crippen LogP) is 6.25. The second-order valence-corrected chi connectivity index (χ2v) is 8.93. The molecule has 1 spiro atoms. The number of aliphatic imine (C=N–C) groups is 1. The molecule has 1 unspecified atom stereocenters. The van der Waals surface area contributed by atoms with Gasteiger partial charge in [-0.15, -0.1) is 0 Å². The lowest BCUT2D eigenvalue weighted by molar-refractivity contribution is -0.132.